The van der Waals surface area contributed by atoms with Crippen LogP contribution in [0.3, 0.4) is 0 Å². The molecular weight excluding hydrogens is 302 g/mol. The highest BCUT2D eigenvalue weighted by Crippen LogP contribution is 2.43. The fourth-order valence-corrected chi connectivity index (χ4v) is 4.07. The molecule has 2 aromatic rings. The Kier molecular flexibility index (Phi) is 5.00. The van der Waals surface area contributed by atoms with Gasteiger partial charge in [0, 0.05) is 30.5 Å². The van der Waals surface area contributed by atoms with E-state index in [4.69, 9.17) is 4.74 Å². The van der Waals surface area contributed by atoms with Crippen LogP contribution in [0.25, 0.3) is 10.9 Å². The molecule has 3 N–H and O–H groups in total. The summed E-state index contributed by atoms with van der Waals surface area (Å²) in [5, 5.41) is 20.2. The van der Waals surface area contributed by atoms with Crippen molar-refractivity contribution in [1.82, 2.24) is 4.98 Å². The number of rotatable bonds is 6. The molecule has 2 heterocycles. The zero-order valence-electron chi connectivity index (χ0n) is 15.0. The van der Waals surface area contributed by atoms with E-state index in [0.717, 1.165) is 18.5 Å². The highest BCUT2D eigenvalue weighted by Gasteiger charge is 2.38. The first-order chi connectivity index (χ1) is 11.6. The molecule has 0 radical (unpaired) electrons. The summed E-state index contributed by atoms with van der Waals surface area (Å²) in [5.74, 6) is 0.404. The third-order valence-corrected chi connectivity index (χ3v) is 5.40. The number of aliphatic hydroxyl groups excluding tert-OH is 2. The van der Waals surface area contributed by atoms with E-state index in [2.05, 4.69) is 37.9 Å². The van der Waals surface area contributed by atoms with Crippen LogP contribution in [0.2, 0.25) is 0 Å². The molecule has 0 unspecified atom stereocenters. The predicted molar refractivity (Wildman–Crippen MR) is 96.5 cm³/mol. The summed E-state index contributed by atoms with van der Waals surface area (Å²) in [7, 11) is 0. The number of nitrogens with one attached hydrogen (secondary N) is 1. The molecule has 0 spiro atoms. The Bertz CT molecular complexity index is 719. The molecule has 0 bridgehead atoms. The van der Waals surface area contributed by atoms with Gasteiger partial charge in [-0.15, -0.1) is 0 Å². The minimum absolute atomic E-state index is 0.120. The van der Waals surface area contributed by atoms with Crippen LogP contribution < -0.4 is 0 Å². The van der Waals surface area contributed by atoms with Crippen LogP contribution in [0.4, 0.5) is 0 Å². The van der Waals surface area contributed by atoms with E-state index in [1.54, 1.807) is 0 Å². The van der Waals surface area contributed by atoms with E-state index in [1.165, 1.54) is 27.6 Å². The Morgan fingerprint density at radius 2 is 2.04 bits per heavy atom. The lowest BCUT2D eigenvalue weighted by Gasteiger charge is -2.36. The van der Waals surface area contributed by atoms with Gasteiger partial charge in [-0.25, -0.2) is 0 Å². The Morgan fingerprint density at radius 3 is 2.67 bits per heavy atom. The molecule has 1 aromatic heterocycles. The number of benzene rings is 1. The maximum Gasteiger partial charge on any atom is 0.110 e. The van der Waals surface area contributed by atoms with E-state index in [9.17, 15) is 10.2 Å². The van der Waals surface area contributed by atoms with Crippen LogP contribution in [0.5, 0.6) is 0 Å². The zero-order valence-corrected chi connectivity index (χ0v) is 15.0. The highest BCUT2D eigenvalue weighted by atomic mass is 16.5. The first kappa shape index (κ1) is 17.5. The molecule has 4 heteroatoms. The average Bonchev–Trinajstić information content (AvgIpc) is 2.94. The summed E-state index contributed by atoms with van der Waals surface area (Å²) in [6, 6.07) is 4.43. The molecule has 0 amide bonds. The minimum atomic E-state index is -0.410. The standard InChI is InChI=1S/C20H29NO3/c1-4-20(7-9-23)19-15(6-10-24-20)17-12-14(5-8-22)11-16(13(2)3)18(17)21-19/h11-13,21-23H,4-10H2,1-3H3/t20-/m1/s1. The van der Waals surface area contributed by atoms with Crippen LogP contribution in [0, 0.1) is 0 Å². The fraction of sp³-hybridized carbons (Fsp3) is 0.600. The van der Waals surface area contributed by atoms with Crippen molar-refractivity contribution < 1.29 is 14.9 Å². The van der Waals surface area contributed by atoms with Gasteiger partial charge in [-0.05, 0) is 47.9 Å². The van der Waals surface area contributed by atoms with E-state index >= 15 is 0 Å². The van der Waals surface area contributed by atoms with Crippen LogP contribution in [0.1, 0.15) is 61.9 Å². The smallest absolute Gasteiger partial charge is 0.110 e. The van der Waals surface area contributed by atoms with Crippen molar-refractivity contribution in [2.45, 2.75) is 58.0 Å². The maximum absolute atomic E-state index is 9.55. The molecular formula is C20H29NO3. The van der Waals surface area contributed by atoms with Crippen LogP contribution >= 0.6 is 0 Å². The van der Waals surface area contributed by atoms with Crippen molar-refractivity contribution in [1.29, 1.82) is 0 Å². The summed E-state index contributed by atoms with van der Waals surface area (Å²) in [6.07, 6.45) is 3.03. The Balaban J connectivity index is 2.25. The fourth-order valence-electron chi connectivity index (χ4n) is 4.07. The van der Waals surface area contributed by atoms with Crippen LogP contribution in [-0.4, -0.2) is 35.0 Å². The molecule has 0 fully saturated rings. The number of hydrogen-bond donors (Lipinski definition) is 3. The molecule has 4 nitrogen and oxygen atoms in total. The van der Waals surface area contributed by atoms with Gasteiger partial charge >= 0.3 is 0 Å². The second-order valence-electron chi connectivity index (χ2n) is 7.13. The zero-order chi connectivity index (χ0) is 17.3. The van der Waals surface area contributed by atoms with Gasteiger partial charge in [0.2, 0.25) is 0 Å². The molecule has 0 aliphatic carbocycles. The van der Waals surface area contributed by atoms with E-state index in [1.807, 2.05) is 0 Å². The molecule has 0 saturated carbocycles. The van der Waals surface area contributed by atoms with Crippen LogP contribution in [0.15, 0.2) is 12.1 Å². The van der Waals surface area contributed by atoms with Crippen molar-refractivity contribution in [3.8, 4) is 0 Å². The SMILES string of the molecule is CC[C@]1(CCO)OCCc2c1[nH]c1c(C(C)C)cc(CCO)cc21. The maximum atomic E-state index is 9.55. The molecule has 0 saturated heterocycles. The number of hydrogen-bond acceptors (Lipinski definition) is 3. The Hall–Kier alpha value is -1.36. The predicted octanol–water partition coefficient (Wildman–Crippen LogP) is 3.39. The Labute approximate surface area is 143 Å². The summed E-state index contributed by atoms with van der Waals surface area (Å²) in [6.45, 7) is 7.51. The van der Waals surface area contributed by atoms with Gasteiger partial charge in [0.25, 0.3) is 0 Å². The largest absolute Gasteiger partial charge is 0.396 e. The van der Waals surface area contributed by atoms with Crippen molar-refractivity contribution in [3.05, 3.63) is 34.5 Å². The number of aromatic nitrogens is 1. The van der Waals surface area contributed by atoms with Crippen molar-refractivity contribution in [2.24, 2.45) is 0 Å². The number of H-pyrrole nitrogens is 1. The van der Waals surface area contributed by atoms with Gasteiger partial charge in [0.1, 0.15) is 5.60 Å². The lowest BCUT2D eigenvalue weighted by Crippen LogP contribution is -2.36. The monoisotopic (exact) mass is 331 g/mol. The molecule has 1 aromatic carbocycles. The third-order valence-electron chi connectivity index (χ3n) is 5.40. The second-order valence-corrected chi connectivity index (χ2v) is 7.13. The Morgan fingerprint density at radius 1 is 1.25 bits per heavy atom. The van der Waals surface area contributed by atoms with Gasteiger partial charge in [0.05, 0.1) is 12.3 Å². The summed E-state index contributed by atoms with van der Waals surface area (Å²) < 4.78 is 6.16. The molecule has 1 aliphatic rings. The van der Waals surface area contributed by atoms with Crippen molar-refractivity contribution in [3.63, 3.8) is 0 Å². The average molecular weight is 331 g/mol. The number of ether oxygens (including phenoxy) is 1. The summed E-state index contributed by atoms with van der Waals surface area (Å²) in [5.41, 5.74) is 5.73. The normalized spacial score (nSPS) is 20.8. The van der Waals surface area contributed by atoms with Gasteiger partial charge in [0.15, 0.2) is 0 Å². The van der Waals surface area contributed by atoms with E-state index < -0.39 is 5.60 Å². The highest BCUT2D eigenvalue weighted by molar-refractivity contribution is 5.89. The van der Waals surface area contributed by atoms with Gasteiger partial charge in [-0.3, -0.25) is 0 Å². The second kappa shape index (κ2) is 6.87. The van der Waals surface area contributed by atoms with Gasteiger partial charge in [-0.1, -0.05) is 26.8 Å². The first-order valence-electron chi connectivity index (χ1n) is 9.09. The molecule has 1 aliphatic heterocycles. The van der Waals surface area contributed by atoms with Crippen molar-refractivity contribution >= 4 is 10.9 Å². The van der Waals surface area contributed by atoms with E-state index in [-0.39, 0.29) is 13.2 Å². The quantitative estimate of drug-likeness (QED) is 0.760. The summed E-state index contributed by atoms with van der Waals surface area (Å²) >= 11 is 0. The summed E-state index contributed by atoms with van der Waals surface area (Å²) in [4.78, 5) is 3.66. The van der Waals surface area contributed by atoms with Gasteiger partial charge < -0.3 is 19.9 Å². The van der Waals surface area contributed by atoms with Gasteiger partial charge in [-0.2, -0.15) is 0 Å². The van der Waals surface area contributed by atoms with Crippen LogP contribution in [-0.2, 0) is 23.2 Å². The number of fused-ring (bicyclic) bond motifs is 3. The minimum Gasteiger partial charge on any atom is -0.396 e. The van der Waals surface area contributed by atoms with E-state index in [0.29, 0.717) is 25.4 Å². The lowest BCUT2D eigenvalue weighted by molar-refractivity contribution is -0.0795. The number of aromatic amines is 1. The molecule has 1 atom stereocenters. The van der Waals surface area contributed by atoms with Crippen molar-refractivity contribution in [2.75, 3.05) is 19.8 Å². The lowest BCUT2D eigenvalue weighted by atomic mass is 9.86. The molecule has 3 rings (SSSR count). The topological polar surface area (TPSA) is 65.5 Å². The molecule has 132 valence electrons. The molecule has 24 heavy (non-hydrogen) atoms. The number of aliphatic hydroxyl groups is 2. The third kappa shape index (κ3) is 2.77. The first-order valence-corrected chi connectivity index (χ1v) is 9.09.